The van der Waals surface area contributed by atoms with Crippen LogP contribution in [0, 0.1) is 10.1 Å². The molecule has 2 saturated heterocycles. The number of aromatic nitrogens is 2. The van der Waals surface area contributed by atoms with Crippen LogP contribution in [0.25, 0.3) is 0 Å². The first-order valence-corrected chi connectivity index (χ1v) is 10.2. The molecule has 162 valence electrons. The minimum Gasteiger partial charge on any atom is -0.379 e. The average Bonchev–Trinajstić information content (AvgIpc) is 2.60. The van der Waals surface area contributed by atoms with Crippen molar-refractivity contribution >= 4 is 17.3 Å². The third kappa shape index (κ3) is 5.97. The van der Waals surface area contributed by atoms with E-state index in [-0.39, 0.29) is 34.4 Å². The van der Waals surface area contributed by atoms with Crippen molar-refractivity contribution in [2.24, 2.45) is 0 Å². The molecule has 0 unspecified atom stereocenters. The Morgan fingerprint density at radius 1 is 1.21 bits per heavy atom. The second kappa shape index (κ2) is 8.76. The van der Waals surface area contributed by atoms with E-state index in [1.165, 1.54) is 6.33 Å². The highest BCUT2D eigenvalue weighted by Gasteiger charge is 2.38. The highest BCUT2D eigenvalue weighted by molar-refractivity contribution is 5.69. The van der Waals surface area contributed by atoms with Gasteiger partial charge in [0.2, 0.25) is 11.6 Å². The van der Waals surface area contributed by atoms with E-state index in [2.05, 4.69) is 58.5 Å². The number of anilines is 2. The third-order valence-corrected chi connectivity index (χ3v) is 5.36. The van der Waals surface area contributed by atoms with E-state index in [1.807, 2.05) is 0 Å². The quantitative estimate of drug-likeness (QED) is 0.460. The van der Waals surface area contributed by atoms with E-state index in [1.54, 1.807) is 0 Å². The number of morpholine rings is 1. The largest absolute Gasteiger partial charge is 0.379 e. The maximum atomic E-state index is 11.8. The second-order valence-electron chi connectivity index (χ2n) is 9.20. The van der Waals surface area contributed by atoms with Crippen molar-refractivity contribution in [2.45, 2.75) is 57.7 Å². The SMILES string of the molecule is CC1(C)CC(Nc2ncnc(NCCN3CCOCC3)c2[N+](=O)[O-])CC(C)(C)N1. The highest BCUT2D eigenvalue weighted by atomic mass is 16.6. The van der Waals surface area contributed by atoms with Crippen molar-refractivity contribution in [3.63, 3.8) is 0 Å². The summed E-state index contributed by atoms with van der Waals surface area (Å²) < 4.78 is 5.35. The number of nitrogens with zero attached hydrogens (tertiary/aromatic N) is 4. The Balaban J connectivity index is 1.70. The standard InChI is InChI=1S/C19H33N7O3/c1-18(2)11-14(12-19(3,4)24-18)23-17-15(26(27)28)16(21-13-22-17)20-5-6-25-7-9-29-10-8-25/h13-14,24H,5-12H2,1-4H3,(H2,20,21,22,23). The van der Waals surface area contributed by atoms with E-state index < -0.39 is 4.92 Å². The molecule has 0 spiro atoms. The zero-order valence-corrected chi connectivity index (χ0v) is 17.8. The summed E-state index contributed by atoms with van der Waals surface area (Å²) in [6.45, 7) is 13.2. The molecule has 0 atom stereocenters. The van der Waals surface area contributed by atoms with Gasteiger partial charge < -0.3 is 20.7 Å². The molecule has 0 aromatic carbocycles. The lowest BCUT2D eigenvalue weighted by Gasteiger charge is -2.46. The zero-order chi connectivity index (χ0) is 21.1. The normalized spacial score (nSPS) is 22.2. The summed E-state index contributed by atoms with van der Waals surface area (Å²) in [6.07, 6.45) is 3.07. The van der Waals surface area contributed by atoms with Crippen LogP contribution in [0.2, 0.25) is 0 Å². The lowest BCUT2D eigenvalue weighted by Crippen LogP contribution is -2.60. The van der Waals surface area contributed by atoms with Gasteiger partial charge in [-0.05, 0) is 40.5 Å². The molecule has 3 rings (SSSR count). The number of hydrogen-bond donors (Lipinski definition) is 3. The molecule has 2 fully saturated rings. The Morgan fingerprint density at radius 3 is 2.45 bits per heavy atom. The molecule has 3 N–H and O–H groups in total. The average molecular weight is 408 g/mol. The fourth-order valence-electron chi connectivity index (χ4n) is 4.56. The van der Waals surface area contributed by atoms with Crippen LogP contribution < -0.4 is 16.0 Å². The molecule has 29 heavy (non-hydrogen) atoms. The number of piperidine rings is 1. The second-order valence-corrected chi connectivity index (χ2v) is 9.20. The predicted molar refractivity (Wildman–Crippen MR) is 112 cm³/mol. The fraction of sp³-hybridized carbons (Fsp3) is 0.789. The first kappa shape index (κ1) is 21.7. The summed E-state index contributed by atoms with van der Waals surface area (Å²) in [5, 5.41) is 21.9. The van der Waals surface area contributed by atoms with Crippen molar-refractivity contribution < 1.29 is 9.66 Å². The first-order chi connectivity index (χ1) is 13.7. The highest BCUT2D eigenvalue weighted by Crippen LogP contribution is 2.34. The molecule has 2 aliphatic rings. The van der Waals surface area contributed by atoms with E-state index >= 15 is 0 Å². The van der Waals surface area contributed by atoms with Crippen LogP contribution in [-0.2, 0) is 4.74 Å². The Labute approximate surface area is 172 Å². The number of hydrogen-bond acceptors (Lipinski definition) is 9. The van der Waals surface area contributed by atoms with Crippen LogP contribution in [-0.4, -0.2) is 76.3 Å². The topological polar surface area (TPSA) is 117 Å². The molecule has 0 amide bonds. The minimum absolute atomic E-state index is 0.0690. The van der Waals surface area contributed by atoms with E-state index in [4.69, 9.17) is 4.74 Å². The van der Waals surface area contributed by atoms with Crippen molar-refractivity contribution in [3.8, 4) is 0 Å². The van der Waals surface area contributed by atoms with Crippen LogP contribution >= 0.6 is 0 Å². The lowest BCUT2D eigenvalue weighted by atomic mass is 9.79. The van der Waals surface area contributed by atoms with Crippen molar-refractivity contribution in [2.75, 3.05) is 50.0 Å². The van der Waals surface area contributed by atoms with Gasteiger partial charge >= 0.3 is 5.69 Å². The van der Waals surface area contributed by atoms with E-state index in [0.717, 1.165) is 45.7 Å². The van der Waals surface area contributed by atoms with E-state index in [9.17, 15) is 10.1 Å². The fourth-order valence-corrected chi connectivity index (χ4v) is 4.56. The first-order valence-electron chi connectivity index (χ1n) is 10.2. The molecule has 0 bridgehead atoms. The third-order valence-electron chi connectivity index (χ3n) is 5.36. The number of nitro groups is 1. The molecule has 1 aromatic heterocycles. The molecule has 10 nitrogen and oxygen atoms in total. The smallest absolute Gasteiger partial charge is 0.353 e. The van der Waals surface area contributed by atoms with Crippen molar-refractivity contribution in [3.05, 3.63) is 16.4 Å². The lowest BCUT2D eigenvalue weighted by molar-refractivity contribution is -0.383. The molecule has 2 aliphatic heterocycles. The molecular formula is C19H33N7O3. The molecule has 0 saturated carbocycles. The summed E-state index contributed by atoms with van der Waals surface area (Å²) in [4.78, 5) is 22.0. The van der Waals surface area contributed by atoms with Gasteiger partial charge in [-0.15, -0.1) is 0 Å². The number of ether oxygens (including phenoxy) is 1. The summed E-state index contributed by atoms with van der Waals surface area (Å²) in [5.74, 6) is 0.533. The predicted octanol–water partition coefficient (Wildman–Crippen LogP) is 1.85. The maximum Gasteiger partial charge on any atom is 0.353 e. The van der Waals surface area contributed by atoms with Gasteiger partial charge in [-0.2, -0.15) is 0 Å². The Kier molecular flexibility index (Phi) is 6.55. The van der Waals surface area contributed by atoms with E-state index in [0.29, 0.717) is 6.54 Å². The minimum atomic E-state index is -0.406. The summed E-state index contributed by atoms with van der Waals surface area (Å²) in [6, 6.07) is 0.0797. The van der Waals surface area contributed by atoms with Gasteiger partial charge in [-0.25, -0.2) is 9.97 Å². The number of rotatable bonds is 7. The Hall–Kier alpha value is -2.04. The van der Waals surface area contributed by atoms with Crippen LogP contribution in [0.15, 0.2) is 6.33 Å². The van der Waals surface area contributed by atoms with Gasteiger partial charge in [-0.1, -0.05) is 0 Å². The molecule has 3 heterocycles. The van der Waals surface area contributed by atoms with Gasteiger partial charge in [-0.3, -0.25) is 15.0 Å². The van der Waals surface area contributed by atoms with Gasteiger partial charge in [0.15, 0.2) is 0 Å². The Bertz CT molecular complexity index is 704. The van der Waals surface area contributed by atoms with Gasteiger partial charge in [0.25, 0.3) is 0 Å². The molecule has 0 radical (unpaired) electrons. The van der Waals surface area contributed by atoms with Crippen LogP contribution in [0.4, 0.5) is 17.3 Å². The van der Waals surface area contributed by atoms with Crippen molar-refractivity contribution in [1.82, 2.24) is 20.2 Å². The summed E-state index contributed by atoms with van der Waals surface area (Å²) in [7, 11) is 0. The Morgan fingerprint density at radius 2 is 1.83 bits per heavy atom. The molecular weight excluding hydrogens is 374 g/mol. The van der Waals surface area contributed by atoms with Crippen LogP contribution in [0.5, 0.6) is 0 Å². The van der Waals surface area contributed by atoms with Crippen molar-refractivity contribution in [1.29, 1.82) is 0 Å². The maximum absolute atomic E-state index is 11.8. The zero-order valence-electron chi connectivity index (χ0n) is 17.8. The molecule has 0 aliphatic carbocycles. The van der Waals surface area contributed by atoms with Crippen LogP contribution in [0.1, 0.15) is 40.5 Å². The summed E-state index contributed by atoms with van der Waals surface area (Å²) in [5.41, 5.74) is -0.232. The van der Waals surface area contributed by atoms with Gasteiger partial charge in [0.1, 0.15) is 6.33 Å². The monoisotopic (exact) mass is 407 g/mol. The van der Waals surface area contributed by atoms with Gasteiger partial charge in [0, 0.05) is 43.3 Å². The number of nitrogens with one attached hydrogen (secondary N) is 3. The molecule has 10 heteroatoms. The summed E-state index contributed by atoms with van der Waals surface area (Å²) >= 11 is 0. The molecule has 1 aromatic rings. The van der Waals surface area contributed by atoms with Gasteiger partial charge in [0.05, 0.1) is 18.1 Å². The van der Waals surface area contributed by atoms with Crippen LogP contribution in [0.3, 0.4) is 0 Å².